The van der Waals surface area contributed by atoms with Crippen LogP contribution in [0.2, 0.25) is 0 Å². The Kier molecular flexibility index (Phi) is 6.03. The van der Waals surface area contributed by atoms with Gasteiger partial charge in [0.15, 0.2) is 4.83 Å². The van der Waals surface area contributed by atoms with Gasteiger partial charge in [0.25, 0.3) is 0 Å². The summed E-state index contributed by atoms with van der Waals surface area (Å²) < 4.78 is 0. The SMILES string of the molecule is C=CC1=C(C=C)SC(Cl)N1.CC. The van der Waals surface area contributed by atoms with Crippen LogP contribution in [0.1, 0.15) is 13.8 Å². The lowest BCUT2D eigenvalue weighted by molar-refractivity contribution is 0.965. The third-order valence-electron chi connectivity index (χ3n) is 1.15. The molecule has 1 aliphatic heterocycles. The van der Waals surface area contributed by atoms with Crippen LogP contribution in [0.3, 0.4) is 0 Å². The van der Waals surface area contributed by atoms with E-state index in [-0.39, 0.29) is 4.83 Å². The van der Waals surface area contributed by atoms with Crippen molar-refractivity contribution in [1.29, 1.82) is 0 Å². The smallest absolute Gasteiger partial charge is 0.153 e. The lowest BCUT2D eigenvalue weighted by Crippen LogP contribution is -2.12. The Morgan fingerprint density at radius 1 is 1.42 bits per heavy atom. The van der Waals surface area contributed by atoms with E-state index in [1.165, 1.54) is 0 Å². The Bertz CT molecular complexity index is 179. The zero-order chi connectivity index (χ0) is 9.56. The van der Waals surface area contributed by atoms with Crippen molar-refractivity contribution in [2.75, 3.05) is 0 Å². The number of nitrogens with one attached hydrogen (secondary N) is 1. The highest BCUT2D eigenvalue weighted by atomic mass is 35.5. The molecule has 0 fully saturated rings. The average Bonchev–Trinajstić information content (AvgIpc) is 2.49. The second-order valence-corrected chi connectivity index (χ2v) is 3.61. The molecular weight excluding hydrogens is 190 g/mol. The molecule has 0 saturated carbocycles. The fraction of sp³-hybridized carbons (Fsp3) is 0.333. The van der Waals surface area contributed by atoms with Gasteiger partial charge in [0.05, 0.1) is 0 Å². The highest BCUT2D eigenvalue weighted by molar-refractivity contribution is 8.05. The molecule has 1 N–H and O–H groups in total. The van der Waals surface area contributed by atoms with E-state index in [0.29, 0.717) is 0 Å². The lowest BCUT2D eigenvalue weighted by atomic mass is 10.4. The van der Waals surface area contributed by atoms with Gasteiger partial charge in [-0.1, -0.05) is 56.4 Å². The minimum Gasteiger partial charge on any atom is -0.360 e. The first-order valence-corrected chi connectivity index (χ1v) is 5.16. The second-order valence-electron chi connectivity index (χ2n) is 1.76. The van der Waals surface area contributed by atoms with Crippen molar-refractivity contribution in [2.45, 2.75) is 18.7 Å². The quantitative estimate of drug-likeness (QED) is 0.545. The number of allylic oxidation sites excluding steroid dienone is 2. The zero-order valence-corrected chi connectivity index (χ0v) is 9.00. The Morgan fingerprint density at radius 3 is 2.33 bits per heavy atom. The van der Waals surface area contributed by atoms with Crippen molar-refractivity contribution in [2.24, 2.45) is 0 Å². The number of hydrogen-bond acceptors (Lipinski definition) is 2. The van der Waals surface area contributed by atoms with Gasteiger partial charge in [0, 0.05) is 10.6 Å². The van der Waals surface area contributed by atoms with Crippen molar-refractivity contribution in [3.63, 3.8) is 0 Å². The Hall–Kier alpha value is -0.340. The molecule has 1 unspecified atom stereocenters. The number of halogens is 1. The zero-order valence-electron chi connectivity index (χ0n) is 7.43. The highest BCUT2D eigenvalue weighted by Gasteiger charge is 2.17. The fourth-order valence-electron chi connectivity index (χ4n) is 0.715. The molecule has 1 atom stereocenters. The Labute approximate surface area is 83.6 Å². The molecule has 12 heavy (non-hydrogen) atoms. The maximum Gasteiger partial charge on any atom is 0.153 e. The number of thioether (sulfide) groups is 1. The van der Waals surface area contributed by atoms with Crippen LogP contribution in [0.5, 0.6) is 0 Å². The highest BCUT2D eigenvalue weighted by Crippen LogP contribution is 2.32. The molecule has 1 aliphatic rings. The number of hydrogen-bond donors (Lipinski definition) is 1. The fourth-order valence-corrected chi connectivity index (χ4v) is 1.90. The first-order chi connectivity index (χ1) is 5.77. The van der Waals surface area contributed by atoms with Crippen molar-refractivity contribution in [3.8, 4) is 0 Å². The molecule has 68 valence electrons. The molecule has 0 aromatic rings. The summed E-state index contributed by atoms with van der Waals surface area (Å²) in [5.41, 5.74) is 0.972. The van der Waals surface area contributed by atoms with E-state index in [1.54, 1.807) is 23.9 Å². The largest absolute Gasteiger partial charge is 0.360 e. The van der Waals surface area contributed by atoms with Crippen LogP contribution in [-0.4, -0.2) is 4.83 Å². The molecular formula is C9H14ClNS. The van der Waals surface area contributed by atoms with E-state index in [1.807, 2.05) is 13.8 Å². The summed E-state index contributed by atoms with van der Waals surface area (Å²) in [4.78, 5) is 0.996. The topological polar surface area (TPSA) is 12.0 Å². The lowest BCUT2D eigenvalue weighted by Gasteiger charge is -1.98. The monoisotopic (exact) mass is 203 g/mol. The molecule has 0 aromatic heterocycles. The van der Waals surface area contributed by atoms with Crippen LogP contribution in [-0.2, 0) is 0 Å². The molecule has 0 radical (unpaired) electrons. The minimum atomic E-state index is -0.0685. The molecule has 1 heterocycles. The predicted molar refractivity (Wildman–Crippen MR) is 59.1 cm³/mol. The van der Waals surface area contributed by atoms with Gasteiger partial charge < -0.3 is 5.32 Å². The van der Waals surface area contributed by atoms with Gasteiger partial charge in [-0.25, -0.2) is 0 Å². The van der Waals surface area contributed by atoms with E-state index >= 15 is 0 Å². The van der Waals surface area contributed by atoms with Crippen LogP contribution in [0, 0.1) is 0 Å². The third-order valence-corrected chi connectivity index (χ3v) is 2.50. The first kappa shape index (κ1) is 11.7. The summed E-state index contributed by atoms with van der Waals surface area (Å²) in [5, 5.41) is 3.02. The van der Waals surface area contributed by atoms with E-state index in [9.17, 15) is 0 Å². The van der Waals surface area contributed by atoms with E-state index < -0.39 is 0 Å². The van der Waals surface area contributed by atoms with Gasteiger partial charge in [-0.2, -0.15) is 0 Å². The summed E-state index contributed by atoms with van der Waals surface area (Å²) in [6.07, 6.45) is 3.52. The molecule has 0 spiro atoms. The molecule has 0 saturated heterocycles. The van der Waals surface area contributed by atoms with E-state index in [4.69, 9.17) is 11.6 Å². The average molecular weight is 204 g/mol. The normalized spacial score (nSPS) is 20.8. The molecule has 0 aromatic carbocycles. The van der Waals surface area contributed by atoms with Gasteiger partial charge in [0.1, 0.15) is 0 Å². The standard InChI is InChI=1S/C7H8ClNS.C2H6/c1-3-5-6(4-2)10-7(8)9-5;1-2/h3-4,7,9H,1-2H2;1-2H3. The van der Waals surface area contributed by atoms with Gasteiger partial charge in [-0.05, 0) is 6.08 Å². The van der Waals surface area contributed by atoms with Crippen LogP contribution in [0.15, 0.2) is 35.9 Å². The van der Waals surface area contributed by atoms with E-state index in [2.05, 4.69) is 18.5 Å². The van der Waals surface area contributed by atoms with Crippen molar-refractivity contribution in [3.05, 3.63) is 35.9 Å². The van der Waals surface area contributed by atoms with Gasteiger partial charge >= 0.3 is 0 Å². The van der Waals surface area contributed by atoms with Crippen LogP contribution < -0.4 is 5.32 Å². The van der Waals surface area contributed by atoms with Crippen LogP contribution in [0.25, 0.3) is 0 Å². The van der Waals surface area contributed by atoms with Crippen molar-refractivity contribution >= 4 is 23.4 Å². The number of rotatable bonds is 2. The predicted octanol–water partition coefficient (Wildman–Crippen LogP) is 3.46. The van der Waals surface area contributed by atoms with Gasteiger partial charge in [-0.15, -0.1) is 0 Å². The Balaban J connectivity index is 0.000000561. The molecule has 0 bridgehead atoms. The molecule has 3 heteroatoms. The number of alkyl halides is 1. The molecule has 1 nitrogen and oxygen atoms in total. The molecule has 1 rings (SSSR count). The summed E-state index contributed by atoms with van der Waals surface area (Å²) in [6, 6.07) is 0. The van der Waals surface area contributed by atoms with Crippen molar-refractivity contribution in [1.82, 2.24) is 5.32 Å². The van der Waals surface area contributed by atoms with Crippen LogP contribution in [0.4, 0.5) is 0 Å². The first-order valence-electron chi connectivity index (χ1n) is 3.84. The van der Waals surface area contributed by atoms with Crippen LogP contribution >= 0.6 is 23.4 Å². The summed E-state index contributed by atoms with van der Waals surface area (Å²) in [7, 11) is 0. The third kappa shape index (κ3) is 2.95. The van der Waals surface area contributed by atoms with Crippen molar-refractivity contribution < 1.29 is 0 Å². The summed E-state index contributed by atoms with van der Waals surface area (Å²) >= 11 is 7.32. The Morgan fingerprint density at radius 2 is 2.00 bits per heavy atom. The molecule has 0 aliphatic carbocycles. The summed E-state index contributed by atoms with van der Waals surface area (Å²) in [6.45, 7) is 11.3. The van der Waals surface area contributed by atoms with Gasteiger partial charge in [0.2, 0.25) is 0 Å². The van der Waals surface area contributed by atoms with E-state index in [0.717, 1.165) is 10.6 Å². The maximum atomic E-state index is 5.77. The maximum absolute atomic E-state index is 5.77. The molecule has 0 amide bonds. The minimum absolute atomic E-state index is 0.0685. The van der Waals surface area contributed by atoms with Gasteiger partial charge in [-0.3, -0.25) is 0 Å². The second kappa shape index (κ2) is 6.21. The summed E-state index contributed by atoms with van der Waals surface area (Å²) in [5.74, 6) is 0.